The van der Waals surface area contributed by atoms with Crippen LogP contribution < -0.4 is 4.90 Å². The molecule has 0 fully saturated rings. The molecule has 0 aliphatic heterocycles. The summed E-state index contributed by atoms with van der Waals surface area (Å²) in [5.74, 6) is -0.689. The Kier molecular flexibility index (Phi) is 5.14. The lowest BCUT2D eigenvalue weighted by molar-refractivity contribution is -0.163. The summed E-state index contributed by atoms with van der Waals surface area (Å²) in [6, 6.07) is 2.44. The second-order valence-corrected chi connectivity index (χ2v) is 6.17. The minimum Gasteiger partial charge on any atom is -0.351 e. The van der Waals surface area contributed by atoms with E-state index in [-0.39, 0.29) is 17.1 Å². The number of nitrogens with zero attached hydrogens (tertiary/aromatic N) is 4. The van der Waals surface area contributed by atoms with E-state index in [0.717, 1.165) is 17.2 Å². The largest absolute Gasteiger partial charge is 0.351 e. The van der Waals surface area contributed by atoms with Crippen LogP contribution in [0.2, 0.25) is 0 Å². The quantitative estimate of drug-likeness (QED) is 0.845. The van der Waals surface area contributed by atoms with Gasteiger partial charge in [-0.15, -0.1) is 0 Å². The minimum atomic E-state index is -2.94. The van der Waals surface area contributed by atoms with Gasteiger partial charge in [-0.05, 0) is 26.8 Å². The standard InChI is InChI=1S/C15H19F3N4O2/c1-15(2,3)24-14(23)21(4)12-6-11(20-22(12)13(17)18)9-5-10(16)8-19-7-9/h5-8,13-14,23H,1-4H3. The number of rotatable bonds is 5. The SMILES string of the molecule is CN(c1cc(-c2cncc(F)c2)nn1C(F)F)C(O)OC(C)(C)C. The van der Waals surface area contributed by atoms with E-state index in [2.05, 4.69) is 10.1 Å². The maximum Gasteiger partial charge on any atom is 0.335 e. The van der Waals surface area contributed by atoms with Gasteiger partial charge >= 0.3 is 6.55 Å². The number of anilines is 1. The average molecular weight is 344 g/mol. The summed E-state index contributed by atoms with van der Waals surface area (Å²) < 4.78 is 45.6. The molecule has 1 atom stereocenters. The van der Waals surface area contributed by atoms with Gasteiger partial charge in [0.05, 0.1) is 17.5 Å². The third-order valence-electron chi connectivity index (χ3n) is 3.05. The Hall–Kier alpha value is -2.13. The maximum absolute atomic E-state index is 13.3. The van der Waals surface area contributed by atoms with Gasteiger partial charge in [-0.25, -0.2) is 4.39 Å². The molecule has 0 saturated heterocycles. The Morgan fingerprint density at radius 1 is 1.25 bits per heavy atom. The number of ether oxygens (including phenoxy) is 1. The van der Waals surface area contributed by atoms with Crippen molar-refractivity contribution in [1.82, 2.24) is 14.8 Å². The van der Waals surface area contributed by atoms with Crippen molar-refractivity contribution in [2.24, 2.45) is 0 Å². The van der Waals surface area contributed by atoms with Crippen molar-refractivity contribution >= 4 is 5.82 Å². The highest BCUT2D eigenvalue weighted by molar-refractivity contribution is 5.62. The number of aromatic nitrogens is 3. The van der Waals surface area contributed by atoms with Crippen LogP contribution >= 0.6 is 0 Å². The van der Waals surface area contributed by atoms with Crippen LogP contribution in [-0.2, 0) is 4.74 Å². The van der Waals surface area contributed by atoms with E-state index in [0.29, 0.717) is 4.68 Å². The van der Waals surface area contributed by atoms with Gasteiger partial charge in [0.1, 0.15) is 11.6 Å². The van der Waals surface area contributed by atoms with Crippen LogP contribution in [0.15, 0.2) is 24.5 Å². The van der Waals surface area contributed by atoms with E-state index in [1.165, 1.54) is 19.3 Å². The van der Waals surface area contributed by atoms with Crippen LogP contribution in [0.3, 0.4) is 0 Å². The molecule has 0 saturated carbocycles. The molecule has 1 unspecified atom stereocenters. The molecule has 2 aromatic heterocycles. The second kappa shape index (κ2) is 6.78. The maximum atomic E-state index is 13.3. The van der Waals surface area contributed by atoms with Gasteiger partial charge in [-0.3, -0.25) is 4.98 Å². The molecule has 24 heavy (non-hydrogen) atoms. The van der Waals surface area contributed by atoms with Gasteiger partial charge in [0, 0.05) is 24.9 Å². The number of pyridine rings is 1. The summed E-state index contributed by atoms with van der Waals surface area (Å²) in [4.78, 5) is 4.79. The molecule has 2 rings (SSSR count). The predicted octanol–water partition coefficient (Wildman–Crippen LogP) is 3.01. The van der Waals surface area contributed by atoms with Gasteiger partial charge in [0.25, 0.3) is 0 Å². The zero-order valence-corrected chi connectivity index (χ0v) is 13.7. The first kappa shape index (κ1) is 18.2. The fourth-order valence-electron chi connectivity index (χ4n) is 1.99. The summed E-state index contributed by atoms with van der Waals surface area (Å²) in [5, 5.41) is 13.9. The number of halogens is 3. The highest BCUT2D eigenvalue weighted by Crippen LogP contribution is 2.29. The van der Waals surface area contributed by atoms with Crippen molar-refractivity contribution in [3.63, 3.8) is 0 Å². The molecular formula is C15H19F3N4O2. The summed E-state index contributed by atoms with van der Waals surface area (Å²) in [5.41, 5.74) is -0.332. The van der Waals surface area contributed by atoms with Gasteiger partial charge in [-0.2, -0.15) is 18.6 Å². The van der Waals surface area contributed by atoms with Crippen LogP contribution in [0.4, 0.5) is 19.0 Å². The molecule has 1 N–H and O–H groups in total. The van der Waals surface area contributed by atoms with Crippen LogP contribution in [0.1, 0.15) is 27.3 Å². The fourth-order valence-corrected chi connectivity index (χ4v) is 1.99. The molecule has 0 aliphatic carbocycles. The van der Waals surface area contributed by atoms with Gasteiger partial charge < -0.3 is 14.7 Å². The van der Waals surface area contributed by atoms with Crippen molar-refractivity contribution in [3.8, 4) is 11.3 Å². The first-order valence-corrected chi connectivity index (χ1v) is 7.16. The molecule has 132 valence electrons. The molecule has 9 heteroatoms. The molecule has 0 aliphatic rings. The number of hydrogen-bond donors (Lipinski definition) is 1. The molecule has 2 aromatic rings. The number of hydrogen-bond acceptors (Lipinski definition) is 5. The summed E-state index contributed by atoms with van der Waals surface area (Å²) in [7, 11) is 1.39. The molecule has 6 nitrogen and oxygen atoms in total. The Morgan fingerprint density at radius 3 is 2.46 bits per heavy atom. The minimum absolute atomic E-state index is 0.0824. The van der Waals surface area contributed by atoms with E-state index in [9.17, 15) is 18.3 Å². The molecule has 0 aromatic carbocycles. The average Bonchev–Trinajstić information content (AvgIpc) is 2.90. The highest BCUT2D eigenvalue weighted by atomic mass is 19.3. The van der Waals surface area contributed by atoms with Crippen molar-refractivity contribution in [2.75, 3.05) is 11.9 Å². The summed E-state index contributed by atoms with van der Waals surface area (Å²) in [6.07, 6.45) is 0.854. The van der Waals surface area contributed by atoms with E-state index in [1.54, 1.807) is 20.8 Å². The molecule has 0 radical (unpaired) electrons. The Balaban J connectivity index is 2.38. The smallest absolute Gasteiger partial charge is 0.335 e. The van der Waals surface area contributed by atoms with Crippen LogP contribution in [0.5, 0.6) is 0 Å². The second-order valence-electron chi connectivity index (χ2n) is 6.17. The Labute approximate surface area is 137 Å². The molecule has 0 spiro atoms. The monoisotopic (exact) mass is 344 g/mol. The number of alkyl halides is 2. The fraction of sp³-hybridized carbons (Fsp3) is 0.467. The van der Waals surface area contributed by atoms with Crippen molar-refractivity contribution in [2.45, 2.75) is 39.3 Å². The molecule has 0 amide bonds. The van der Waals surface area contributed by atoms with E-state index in [1.807, 2.05) is 0 Å². The van der Waals surface area contributed by atoms with E-state index < -0.39 is 24.4 Å². The molecule has 2 heterocycles. The van der Waals surface area contributed by atoms with Crippen LogP contribution in [0.25, 0.3) is 11.3 Å². The lowest BCUT2D eigenvalue weighted by atomic mass is 10.2. The van der Waals surface area contributed by atoms with Crippen LogP contribution in [0, 0.1) is 5.82 Å². The number of aliphatic hydroxyl groups excluding tert-OH is 1. The first-order chi connectivity index (χ1) is 11.1. The zero-order valence-electron chi connectivity index (χ0n) is 13.7. The zero-order chi connectivity index (χ0) is 18.1. The Morgan fingerprint density at radius 2 is 1.92 bits per heavy atom. The van der Waals surface area contributed by atoms with Crippen molar-refractivity contribution < 1.29 is 23.0 Å². The summed E-state index contributed by atoms with van der Waals surface area (Å²) in [6.45, 7) is 2.22. The number of aliphatic hydroxyl groups is 1. The highest BCUT2D eigenvalue weighted by Gasteiger charge is 2.26. The van der Waals surface area contributed by atoms with Gasteiger partial charge in [0.15, 0.2) is 0 Å². The third-order valence-corrected chi connectivity index (χ3v) is 3.05. The Bertz CT molecular complexity index is 700. The first-order valence-electron chi connectivity index (χ1n) is 7.16. The van der Waals surface area contributed by atoms with Gasteiger partial charge in [-0.1, -0.05) is 0 Å². The topological polar surface area (TPSA) is 63.4 Å². The van der Waals surface area contributed by atoms with E-state index in [4.69, 9.17) is 4.74 Å². The van der Waals surface area contributed by atoms with Crippen molar-refractivity contribution in [1.29, 1.82) is 0 Å². The lowest BCUT2D eigenvalue weighted by Crippen LogP contribution is -2.40. The predicted molar refractivity (Wildman–Crippen MR) is 81.9 cm³/mol. The van der Waals surface area contributed by atoms with Crippen LogP contribution in [-0.4, -0.2) is 38.9 Å². The van der Waals surface area contributed by atoms with Crippen molar-refractivity contribution in [3.05, 3.63) is 30.3 Å². The molecular weight excluding hydrogens is 325 g/mol. The third kappa shape index (κ3) is 4.24. The molecule has 0 bridgehead atoms. The van der Waals surface area contributed by atoms with E-state index >= 15 is 0 Å². The normalized spacial score (nSPS) is 13.4. The lowest BCUT2D eigenvalue weighted by Gasteiger charge is -2.31. The summed E-state index contributed by atoms with van der Waals surface area (Å²) >= 11 is 0. The van der Waals surface area contributed by atoms with Gasteiger partial charge in [0.2, 0.25) is 6.41 Å².